The van der Waals surface area contributed by atoms with Crippen molar-refractivity contribution >= 4 is 29.1 Å². The molecule has 0 aliphatic heterocycles. The Morgan fingerprint density at radius 3 is 2.58 bits per heavy atom. The van der Waals surface area contributed by atoms with Crippen LogP contribution in [0, 0.1) is 13.8 Å². The monoisotopic (exact) mass is 276 g/mol. The number of benzene rings is 1. The molecule has 4 nitrogen and oxygen atoms in total. The summed E-state index contributed by atoms with van der Waals surface area (Å²) in [6, 6.07) is 8.79. The van der Waals surface area contributed by atoms with Crippen molar-refractivity contribution < 1.29 is 9.90 Å². The summed E-state index contributed by atoms with van der Waals surface area (Å²) in [5, 5.41) is 12.6. The van der Waals surface area contributed by atoms with Gasteiger partial charge in [-0.3, -0.25) is 0 Å². The molecule has 0 bridgehead atoms. The second-order valence-electron chi connectivity index (χ2n) is 4.24. The van der Waals surface area contributed by atoms with Gasteiger partial charge in [-0.25, -0.2) is 9.78 Å². The number of hydrogen-bond donors (Lipinski definition) is 2. The van der Waals surface area contributed by atoms with Crippen molar-refractivity contribution in [3.8, 4) is 0 Å². The maximum atomic E-state index is 10.9. The van der Waals surface area contributed by atoms with Crippen LogP contribution in [0.2, 0.25) is 5.02 Å². The van der Waals surface area contributed by atoms with Crippen LogP contribution in [-0.4, -0.2) is 16.1 Å². The smallest absolute Gasteiger partial charge is 0.337 e. The quantitative estimate of drug-likeness (QED) is 0.895. The van der Waals surface area contributed by atoms with Crippen LogP contribution in [0.25, 0.3) is 0 Å². The Hall–Kier alpha value is -2.07. The average molecular weight is 277 g/mol. The van der Waals surface area contributed by atoms with E-state index in [1.807, 2.05) is 25.1 Å². The molecule has 1 aromatic carbocycles. The van der Waals surface area contributed by atoms with Crippen LogP contribution in [0.4, 0.5) is 11.5 Å². The Labute approximate surface area is 116 Å². The Kier molecular flexibility index (Phi) is 3.71. The first kappa shape index (κ1) is 13.4. The lowest BCUT2D eigenvalue weighted by atomic mass is 10.2. The van der Waals surface area contributed by atoms with Crippen LogP contribution in [0.1, 0.15) is 21.6 Å². The zero-order chi connectivity index (χ0) is 14.0. The zero-order valence-electron chi connectivity index (χ0n) is 10.6. The van der Waals surface area contributed by atoms with Crippen molar-refractivity contribution in [3.05, 3.63) is 52.2 Å². The lowest BCUT2D eigenvalue weighted by Gasteiger charge is -2.09. The molecule has 0 amide bonds. The molecule has 0 aliphatic rings. The minimum atomic E-state index is -0.982. The number of hydrogen-bond acceptors (Lipinski definition) is 3. The van der Waals surface area contributed by atoms with Gasteiger partial charge < -0.3 is 10.4 Å². The predicted octanol–water partition coefficient (Wildman–Crippen LogP) is 3.79. The number of aromatic carboxylic acids is 1. The van der Waals surface area contributed by atoms with E-state index in [1.165, 1.54) is 6.07 Å². The van der Waals surface area contributed by atoms with Crippen molar-refractivity contribution in [2.24, 2.45) is 0 Å². The van der Waals surface area contributed by atoms with E-state index in [-0.39, 0.29) is 5.56 Å². The molecule has 19 heavy (non-hydrogen) atoms. The maximum Gasteiger partial charge on any atom is 0.337 e. The second-order valence-corrected chi connectivity index (χ2v) is 4.65. The van der Waals surface area contributed by atoms with E-state index in [1.54, 1.807) is 13.0 Å². The molecule has 2 rings (SSSR count). The second kappa shape index (κ2) is 5.28. The molecule has 0 saturated heterocycles. The molecule has 98 valence electrons. The molecule has 0 saturated carbocycles. The highest BCUT2D eigenvalue weighted by molar-refractivity contribution is 6.33. The summed E-state index contributed by atoms with van der Waals surface area (Å²) in [6.07, 6.45) is 0. The first-order valence-electron chi connectivity index (χ1n) is 5.71. The highest BCUT2D eigenvalue weighted by Crippen LogP contribution is 2.25. The van der Waals surface area contributed by atoms with Gasteiger partial charge in [-0.15, -0.1) is 0 Å². The molecule has 5 heteroatoms. The number of rotatable bonds is 3. The van der Waals surface area contributed by atoms with Gasteiger partial charge in [0.15, 0.2) is 0 Å². The fourth-order valence-corrected chi connectivity index (χ4v) is 2.00. The van der Waals surface area contributed by atoms with Crippen LogP contribution in [0.15, 0.2) is 30.3 Å². The summed E-state index contributed by atoms with van der Waals surface area (Å²) in [4.78, 5) is 15.1. The van der Waals surface area contributed by atoms with Crippen LogP contribution in [0.3, 0.4) is 0 Å². The number of carboxylic acids is 1. The lowest BCUT2D eigenvalue weighted by Crippen LogP contribution is -2.03. The first-order chi connectivity index (χ1) is 8.97. The lowest BCUT2D eigenvalue weighted by molar-refractivity contribution is 0.0695. The van der Waals surface area contributed by atoms with Crippen molar-refractivity contribution in [3.63, 3.8) is 0 Å². The van der Waals surface area contributed by atoms with Crippen LogP contribution < -0.4 is 5.32 Å². The van der Waals surface area contributed by atoms with Gasteiger partial charge in [0, 0.05) is 0 Å². The van der Waals surface area contributed by atoms with Gasteiger partial charge in [0.05, 0.1) is 22.0 Å². The van der Waals surface area contributed by atoms with E-state index < -0.39 is 5.97 Å². The normalized spacial score (nSPS) is 10.3. The Bertz CT molecular complexity index is 641. The molecule has 1 heterocycles. The molecular weight excluding hydrogens is 264 g/mol. The van der Waals surface area contributed by atoms with Crippen LogP contribution in [-0.2, 0) is 0 Å². The van der Waals surface area contributed by atoms with Crippen molar-refractivity contribution in [1.29, 1.82) is 0 Å². The number of carbonyl (C=O) groups is 1. The maximum absolute atomic E-state index is 10.9. The van der Waals surface area contributed by atoms with Crippen LogP contribution in [0.5, 0.6) is 0 Å². The topological polar surface area (TPSA) is 62.2 Å². The Balaban J connectivity index is 2.29. The molecular formula is C14H13ClN2O2. The van der Waals surface area contributed by atoms with Gasteiger partial charge in [-0.1, -0.05) is 17.7 Å². The first-order valence-corrected chi connectivity index (χ1v) is 6.09. The number of pyridine rings is 1. The number of halogens is 1. The van der Waals surface area contributed by atoms with E-state index in [0.29, 0.717) is 16.5 Å². The third kappa shape index (κ3) is 3.03. The summed E-state index contributed by atoms with van der Waals surface area (Å²) in [5.41, 5.74) is 2.46. The van der Waals surface area contributed by atoms with E-state index in [2.05, 4.69) is 10.3 Å². The molecule has 0 fully saturated rings. The standard InChI is InChI=1S/C14H13ClN2O2/c1-8-3-5-12(11(15)7-8)17-13-6-4-10(14(18)19)9(2)16-13/h3-7H,1-2H3,(H,16,17)(H,18,19). The summed E-state index contributed by atoms with van der Waals surface area (Å²) < 4.78 is 0. The summed E-state index contributed by atoms with van der Waals surface area (Å²) in [6.45, 7) is 3.62. The molecule has 2 N–H and O–H groups in total. The zero-order valence-corrected chi connectivity index (χ0v) is 11.3. The number of aryl methyl sites for hydroxylation is 2. The number of nitrogens with one attached hydrogen (secondary N) is 1. The molecule has 1 aromatic heterocycles. The molecule has 0 aliphatic carbocycles. The van der Waals surface area contributed by atoms with E-state index in [0.717, 1.165) is 11.3 Å². The summed E-state index contributed by atoms with van der Waals surface area (Å²) in [7, 11) is 0. The van der Waals surface area contributed by atoms with Gasteiger partial charge in [-0.2, -0.15) is 0 Å². The van der Waals surface area contributed by atoms with Gasteiger partial charge >= 0.3 is 5.97 Å². The van der Waals surface area contributed by atoms with Crippen molar-refractivity contribution in [2.75, 3.05) is 5.32 Å². The van der Waals surface area contributed by atoms with Gasteiger partial charge in [0.1, 0.15) is 5.82 Å². The van der Waals surface area contributed by atoms with Crippen LogP contribution >= 0.6 is 11.6 Å². The number of nitrogens with zero attached hydrogens (tertiary/aromatic N) is 1. The highest BCUT2D eigenvalue weighted by Gasteiger charge is 2.09. The molecule has 0 atom stereocenters. The largest absolute Gasteiger partial charge is 0.478 e. The van der Waals surface area contributed by atoms with E-state index in [9.17, 15) is 4.79 Å². The number of carboxylic acid groups (broad SMARTS) is 1. The Morgan fingerprint density at radius 2 is 2.00 bits per heavy atom. The molecule has 0 spiro atoms. The summed E-state index contributed by atoms with van der Waals surface area (Å²) >= 11 is 6.12. The molecule has 0 radical (unpaired) electrons. The highest BCUT2D eigenvalue weighted by atomic mass is 35.5. The van der Waals surface area contributed by atoms with Crippen molar-refractivity contribution in [2.45, 2.75) is 13.8 Å². The van der Waals surface area contributed by atoms with Gasteiger partial charge in [-0.05, 0) is 43.7 Å². The fraction of sp³-hybridized carbons (Fsp3) is 0.143. The average Bonchev–Trinajstić information content (AvgIpc) is 2.32. The van der Waals surface area contributed by atoms with E-state index >= 15 is 0 Å². The van der Waals surface area contributed by atoms with E-state index in [4.69, 9.17) is 16.7 Å². The SMILES string of the molecule is Cc1ccc(Nc2ccc(C(=O)O)c(C)n2)c(Cl)c1. The van der Waals surface area contributed by atoms with Gasteiger partial charge in [0.25, 0.3) is 0 Å². The minimum Gasteiger partial charge on any atom is -0.478 e. The van der Waals surface area contributed by atoms with Gasteiger partial charge in [0.2, 0.25) is 0 Å². The third-order valence-corrected chi connectivity index (χ3v) is 3.02. The predicted molar refractivity (Wildman–Crippen MR) is 75.4 cm³/mol. The third-order valence-electron chi connectivity index (χ3n) is 2.70. The van der Waals surface area contributed by atoms with Crippen molar-refractivity contribution in [1.82, 2.24) is 4.98 Å². The number of anilines is 2. The Morgan fingerprint density at radius 1 is 1.26 bits per heavy atom. The molecule has 2 aromatic rings. The fourth-order valence-electron chi connectivity index (χ4n) is 1.72. The number of aromatic nitrogens is 1. The minimum absolute atomic E-state index is 0.195. The summed E-state index contributed by atoms with van der Waals surface area (Å²) in [5.74, 6) is -0.418. The molecule has 0 unspecified atom stereocenters.